The lowest BCUT2D eigenvalue weighted by atomic mass is 9.96. The molecule has 0 spiro atoms. The molecule has 1 aromatic heterocycles. The van der Waals surface area contributed by atoms with Gasteiger partial charge in [-0.1, -0.05) is 12.1 Å². The van der Waals surface area contributed by atoms with Gasteiger partial charge in [-0.05, 0) is 49.9 Å². The molecule has 1 unspecified atom stereocenters. The number of halogens is 1. The van der Waals surface area contributed by atoms with Gasteiger partial charge in [0.05, 0.1) is 12.2 Å². The minimum absolute atomic E-state index is 0.0665. The van der Waals surface area contributed by atoms with Gasteiger partial charge in [0.1, 0.15) is 17.5 Å². The third-order valence-electron chi connectivity index (χ3n) is 5.53. The zero-order valence-corrected chi connectivity index (χ0v) is 18.2. The molecule has 1 aliphatic rings. The predicted molar refractivity (Wildman–Crippen MR) is 117 cm³/mol. The fourth-order valence-electron chi connectivity index (χ4n) is 3.70. The van der Waals surface area contributed by atoms with E-state index in [0.717, 1.165) is 55.8 Å². The lowest BCUT2D eigenvalue weighted by Crippen LogP contribution is -2.30. The van der Waals surface area contributed by atoms with Gasteiger partial charge in [0.15, 0.2) is 0 Å². The number of rotatable bonds is 8. The number of carbonyl (C=O) groups is 1. The van der Waals surface area contributed by atoms with Gasteiger partial charge in [-0.15, -0.1) is 0 Å². The summed E-state index contributed by atoms with van der Waals surface area (Å²) in [7, 11) is 5.74. The number of aryl methyl sites for hydroxylation is 1. The second-order valence-electron chi connectivity index (χ2n) is 8.23. The first kappa shape index (κ1) is 22.2. The summed E-state index contributed by atoms with van der Waals surface area (Å²) in [6.45, 7) is 2.38. The Labute approximate surface area is 178 Å². The minimum Gasteiger partial charge on any atom is -0.363 e. The lowest BCUT2D eigenvalue weighted by Gasteiger charge is -2.24. The normalized spacial score (nSPS) is 16.3. The molecule has 162 valence electrons. The van der Waals surface area contributed by atoms with Crippen molar-refractivity contribution in [3.05, 3.63) is 53.2 Å². The molecule has 1 aromatic carbocycles. The molecular weight excluding hydrogens is 381 g/mol. The Hall–Kier alpha value is -2.54. The molecule has 2 heterocycles. The van der Waals surface area contributed by atoms with E-state index in [1.165, 1.54) is 12.1 Å². The summed E-state index contributed by atoms with van der Waals surface area (Å²) >= 11 is 0. The highest BCUT2D eigenvalue weighted by Crippen LogP contribution is 2.24. The van der Waals surface area contributed by atoms with Crippen molar-refractivity contribution in [1.29, 1.82) is 0 Å². The summed E-state index contributed by atoms with van der Waals surface area (Å²) in [6.07, 6.45) is 4.20. The monoisotopic (exact) mass is 413 g/mol. The van der Waals surface area contributed by atoms with Crippen LogP contribution >= 0.6 is 0 Å². The van der Waals surface area contributed by atoms with Crippen molar-refractivity contribution in [1.82, 2.24) is 20.2 Å². The van der Waals surface area contributed by atoms with Crippen molar-refractivity contribution >= 4 is 11.7 Å². The number of nitrogens with zero attached hydrogens (tertiary/aromatic N) is 4. The molecule has 1 saturated heterocycles. The van der Waals surface area contributed by atoms with Crippen molar-refractivity contribution in [3.8, 4) is 0 Å². The highest BCUT2D eigenvalue weighted by molar-refractivity contribution is 5.75. The molecular formula is C23H32FN5O. The number of hydrogen-bond acceptors (Lipinski definition) is 5. The number of hydrogen-bond donors (Lipinski definition) is 1. The van der Waals surface area contributed by atoms with E-state index in [1.807, 2.05) is 19.0 Å². The molecule has 7 heteroatoms. The standard InChI is InChI=1S/C23H32FN5O/c1-28(2)22-14-20(18-7-5-13-25-15-18)26-21(27-22)16-29(3)23(30)8-4-6-17-9-11-19(24)12-10-17/h9-12,14,18,25H,4-8,13,15-16H2,1-3H3. The Morgan fingerprint density at radius 3 is 2.63 bits per heavy atom. The average Bonchev–Trinajstić information content (AvgIpc) is 2.75. The number of benzene rings is 1. The van der Waals surface area contributed by atoms with Gasteiger partial charge in [-0.3, -0.25) is 4.79 Å². The lowest BCUT2D eigenvalue weighted by molar-refractivity contribution is -0.130. The molecule has 1 atom stereocenters. The molecule has 0 aliphatic carbocycles. The number of anilines is 1. The Bertz CT molecular complexity index is 834. The summed E-state index contributed by atoms with van der Waals surface area (Å²) in [5.74, 6) is 1.76. The van der Waals surface area contributed by atoms with Crippen LogP contribution in [0, 0.1) is 5.82 Å². The van der Waals surface area contributed by atoms with Gasteiger partial charge in [0, 0.05) is 46.1 Å². The van der Waals surface area contributed by atoms with Crippen LogP contribution in [-0.2, 0) is 17.8 Å². The first-order chi connectivity index (χ1) is 14.4. The molecule has 1 fully saturated rings. The van der Waals surface area contributed by atoms with Crippen molar-refractivity contribution in [3.63, 3.8) is 0 Å². The zero-order valence-electron chi connectivity index (χ0n) is 18.2. The van der Waals surface area contributed by atoms with Gasteiger partial charge < -0.3 is 15.1 Å². The molecule has 2 aromatic rings. The molecule has 6 nitrogen and oxygen atoms in total. The highest BCUT2D eigenvalue weighted by Gasteiger charge is 2.20. The van der Waals surface area contributed by atoms with Crippen molar-refractivity contribution in [2.24, 2.45) is 0 Å². The molecule has 3 rings (SSSR count). The third kappa shape index (κ3) is 6.23. The van der Waals surface area contributed by atoms with Crippen LogP contribution in [0.4, 0.5) is 10.2 Å². The van der Waals surface area contributed by atoms with Gasteiger partial charge in [-0.2, -0.15) is 0 Å². The highest BCUT2D eigenvalue weighted by atomic mass is 19.1. The molecule has 1 N–H and O–H groups in total. The summed E-state index contributed by atoms with van der Waals surface area (Å²) in [5.41, 5.74) is 2.09. The average molecular weight is 414 g/mol. The maximum atomic E-state index is 13.0. The summed E-state index contributed by atoms with van der Waals surface area (Å²) in [4.78, 5) is 25.7. The number of piperidine rings is 1. The zero-order chi connectivity index (χ0) is 21.5. The van der Waals surface area contributed by atoms with Gasteiger partial charge in [0.2, 0.25) is 5.91 Å². The second kappa shape index (κ2) is 10.5. The quantitative estimate of drug-likeness (QED) is 0.721. The van der Waals surface area contributed by atoms with E-state index in [4.69, 9.17) is 4.98 Å². The van der Waals surface area contributed by atoms with Crippen LogP contribution in [0.3, 0.4) is 0 Å². The fraction of sp³-hybridized carbons (Fsp3) is 0.522. The largest absolute Gasteiger partial charge is 0.363 e. The number of nitrogens with one attached hydrogen (secondary N) is 1. The maximum Gasteiger partial charge on any atom is 0.222 e. The summed E-state index contributed by atoms with van der Waals surface area (Å²) < 4.78 is 13.0. The van der Waals surface area contributed by atoms with Gasteiger partial charge in [-0.25, -0.2) is 14.4 Å². The fourth-order valence-corrected chi connectivity index (χ4v) is 3.70. The Morgan fingerprint density at radius 1 is 1.20 bits per heavy atom. The van der Waals surface area contributed by atoms with Crippen LogP contribution in [0.25, 0.3) is 0 Å². The topological polar surface area (TPSA) is 61.4 Å². The van der Waals surface area contributed by atoms with E-state index in [1.54, 1.807) is 24.1 Å². The molecule has 0 saturated carbocycles. The van der Waals surface area contributed by atoms with Crippen LogP contribution in [0.1, 0.15) is 48.7 Å². The first-order valence-electron chi connectivity index (χ1n) is 10.7. The second-order valence-corrected chi connectivity index (χ2v) is 8.23. The number of aromatic nitrogens is 2. The SMILES string of the molecule is CN(Cc1nc(C2CCCNC2)cc(N(C)C)n1)C(=O)CCCc1ccc(F)cc1. The Kier molecular flexibility index (Phi) is 7.74. The van der Waals surface area contributed by atoms with Gasteiger partial charge >= 0.3 is 0 Å². The smallest absolute Gasteiger partial charge is 0.222 e. The first-order valence-corrected chi connectivity index (χ1v) is 10.7. The van der Waals surface area contributed by atoms with Crippen LogP contribution in [0.5, 0.6) is 0 Å². The van der Waals surface area contributed by atoms with E-state index in [-0.39, 0.29) is 11.7 Å². The van der Waals surface area contributed by atoms with Crippen molar-refractivity contribution < 1.29 is 9.18 Å². The van der Waals surface area contributed by atoms with Crippen LogP contribution in [0.2, 0.25) is 0 Å². The minimum atomic E-state index is -0.238. The number of amides is 1. The van der Waals surface area contributed by atoms with E-state index in [2.05, 4.69) is 16.4 Å². The van der Waals surface area contributed by atoms with E-state index in [9.17, 15) is 9.18 Å². The predicted octanol–water partition coefficient (Wildman–Crippen LogP) is 3.13. The molecule has 1 amide bonds. The van der Waals surface area contributed by atoms with Crippen LogP contribution in [0.15, 0.2) is 30.3 Å². The van der Waals surface area contributed by atoms with E-state index < -0.39 is 0 Å². The molecule has 30 heavy (non-hydrogen) atoms. The molecule has 0 radical (unpaired) electrons. The maximum absolute atomic E-state index is 13.0. The molecule has 0 bridgehead atoms. The van der Waals surface area contributed by atoms with Gasteiger partial charge in [0.25, 0.3) is 0 Å². The Balaban J connectivity index is 1.59. The molecule has 1 aliphatic heterocycles. The summed E-state index contributed by atoms with van der Waals surface area (Å²) in [6, 6.07) is 8.51. The van der Waals surface area contributed by atoms with Crippen molar-refractivity contribution in [2.45, 2.75) is 44.6 Å². The van der Waals surface area contributed by atoms with Crippen molar-refractivity contribution in [2.75, 3.05) is 39.1 Å². The van der Waals surface area contributed by atoms with E-state index >= 15 is 0 Å². The van der Waals surface area contributed by atoms with Crippen LogP contribution < -0.4 is 10.2 Å². The Morgan fingerprint density at radius 2 is 1.97 bits per heavy atom. The third-order valence-corrected chi connectivity index (χ3v) is 5.53. The summed E-state index contributed by atoms with van der Waals surface area (Å²) in [5, 5.41) is 3.44. The number of carbonyl (C=O) groups excluding carboxylic acids is 1. The van der Waals surface area contributed by atoms with Crippen LogP contribution in [-0.4, -0.2) is 55.0 Å². The van der Waals surface area contributed by atoms with E-state index in [0.29, 0.717) is 24.7 Å².